The molecule has 1 aromatic carbocycles. The number of carbonyl (C=O) groups is 3. The summed E-state index contributed by atoms with van der Waals surface area (Å²) in [5.74, 6) is -0.0380. The third-order valence-electron chi connectivity index (χ3n) is 8.26. The van der Waals surface area contributed by atoms with E-state index in [2.05, 4.69) is 10.3 Å². The molecule has 0 unspecified atom stereocenters. The molecule has 48 heavy (non-hydrogen) atoms. The highest BCUT2D eigenvalue weighted by molar-refractivity contribution is 7.53. The summed E-state index contributed by atoms with van der Waals surface area (Å²) >= 11 is 0. The van der Waals surface area contributed by atoms with E-state index in [1.807, 2.05) is 42.2 Å². The standard InChI is InChI=1S/C33H49N6O8P/c1-5-8-22-45-33(42)38-20-18-37(19-21-38)32(41)26(16-23-48(43,46-6-2)47-7-3)35-31(40)27-24-28(39-17-12-15-29(39)44-4)36-30(34-27)25-13-10-9-11-14-25/h9-11,13-14,24,26,29H,5-8,12,15-23H2,1-4H3,(H,35,40)/t26-,29+/m1/s1. The number of piperazine rings is 1. The van der Waals surface area contributed by atoms with Crippen LogP contribution in [0.1, 0.15) is 63.4 Å². The third-order valence-corrected chi connectivity index (χ3v) is 10.4. The Morgan fingerprint density at radius 1 is 0.979 bits per heavy atom. The highest BCUT2D eigenvalue weighted by atomic mass is 31.2. The number of hydrogen-bond donors (Lipinski definition) is 1. The van der Waals surface area contributed by atoms with Crippen LogP contribution in [0.25, 0.3) is 11.4 Å². The third kappa shape index (κ3) is 9.97. The lowest BCUT2D eigenvalue weighted by Gasteiger charge is -2.36. The van der Waals surface area contributed by atoms with E-state index in [0.717, 1.165) is 31.2 Å². The molecule has 3 heterocycles. The van der Waals surface area contributed by atoms with Gasteiger partial charge in [-0.05, 0) is 39.5 Å². The zero-order chi connectivity index (χ0) is 34.5. The maximum atomic E-state index is 14.0. The van der Waals surface area contributed by atoms with Crippen molar-refractivity contribution in [3.63, 3.8) is 0 Å². The molecule has 3 amide bonds. The van der Waals surface area contributed by atoms with E-state index in [1.54, 1.807) is 36.8 Å². The van der Waals surface area contributed by atoms with Gasteiger partial charge >= 0.3 is 13.7 Å². The Morgan fingerprint density at radius 3 is 2.31 bits per heavy atom. The van der Waals surface area contributed by atoms with Crippen LogP contribution in [0.15, 0.2) is 36.4 Å². The summed E-state index contributed by atoms with van der Waals surface area (Å²) in [6.45, 7) is 7.94. The van der Waals surface area contributed by atoms with Gasteiger partial charge in [-0.25, -0.2) is 14.8 Å². The van der Waals surface area contributed by atoms with E-state index in [9.17, 15) is 18.9 Å². The van der Waals surface area contributed by atoms with E-state index >= 15 is 0 Å². The first kappa shape index (κ1) is 37.2. The van der Waals surface area contributed by atoms with E-state index in [4.69, 9.17) is 23.5 Å². The molecule has 0 saturated carbocycles. The Hall–Kier alpha value is -3.58. The number of carbonyl (C=O) groups excluding carboxylic acids is 3. The molecule has 2 atom stereocenters. The van der Waals surface area contributed by atoms with Crippen LogP contribution in [0.5, 0.6) is 0 Å². The summed E-state index contributed by atoms with van der Waals surface area (Å²) in [5.41, 5.74) is 0.811. The van der Waals surface area contributed by atoms with Crippen molar-refractivity contribution in [2.24, 2.45) is 0 Å². The number of anilines is 1. The van der Waals surface area contributed by atoms with Gasteiger partial charge < -0.3 is 38.5 Å². The summed E-state index contributed by atoms with van der Waals surface area (Å²) in [5, 5.41) is 2.87. The molecular formula is C33H49N6O8P. The molecule has 2 saturated heterocycles. The van der Waals surface area contributed by atoms with Gasteiger partial charge in [0, 0.05) is 51.5 Å². The molecule has 2 aromatic rings. The molecule has 0 aliphatic carbocycles. The number of ether oxygens (including phenoxy) is 2. The number of aromatic nitrogens is 2. The van der Waals surface area contributed by atoms with Gasteiger partial charge in [0.05, 0.1) is 26.0 Å². The summed E-state index contributed by atoms with van der Waals surface area (Å²) in [7, 11) is -1.88. The van der Waals surface area contributed by atoms with Gasteiger partial charge in [0.2, 0.25) is 5.91 Å². The average molecular weight is 689 g/mol. The van der Waals surface area contributed by atoms with Crippen LogP contribution in [0.4, 0.5) is 10.6 Å². The fourth-order valence-electron chi connectivity index (χ4n) is 5.72. The van der Waals surface area contributed by atoms with Gasteiger partial charge in [0.25, 0.3) is 5.91 Å². The van der Waals surface area contributed by atoms with E-state index in [1.165, 1.54) is 0 Å². The van der Waals surface area contributed by atoms with Crippen molar-refractivity contribution in [2.45, 2.75) is 65.1 Å². The van der Waals surface area contributed by atoms with Crippen LogP contribution in [0.3, 0.4) is 0 Å². The van der Waals surface area contributed by atoms with Crippen LogP contribution in [-0.2, 0) is 27.9 Å². The molecule has 0 bridgehead atoms. The fraction of sp³-hybridized carbons (Fsp3) is 0.606. The van der Waals surface area contributed by atoms with Crippen molar-refractivity contribution < 1.29 is 37.5 Å². The van der Waals surface area contributed by atoms with Crippen molar-refractivity contribution in [3.8, 4) is 11.4 Å². The number of hydrogen-bond acceptors (Lipinski definition) is 11. The van der Waals surface area contributed by atoms with Crippen molar-refractivity contribution in [1.29, 1.82) is 0 Å². The maximum Gasteiger partial charge on any atom is 0.409 e. The zero-order valence-corrected chi connectivity index (χ0v) is 29.4. The second kappa shape index (κ2) is 18.3. The largest absolute Gasteiger partial charge is 0.449 e. The molecule has 264 valence electrons. The highest BCUT2D eigenvalue weighted by Crippen LogP contribution is 2.48. The smallest absolute Gasteiger partial charge is 0.409 e. The number of methoxy groups -OCH3 is 1. The van der Waals surface area contributed by atoms with Crippen molar-refractivity contribution in [1.82, 2.24) is 25.1 Å². The van der Waals surface area contributed by atoms with Crippen molar-refractivity contribution >= 4 is 31.3 Å². The Labute approximate surface area is 283 Å². The van der Waals surface area contributed by atoms with E-state index < -0.39 is 25.6 Å². The minimum absolute atomic E-state index is 0.00246. The van der Waals surface area contributed by atoms with Gasteiger partial charge in [-0.2, -0.15) is 0 Å². The Balaban J connectivity index is 1.58. The maximum absolute atomic E-state index is 14.0. The number of benzene rings is 1. The zero-order valence-electron chi connectivity index (χ0n) is 28.5. The predicted molar refractivity (Wildman–Crippen MR) is 181 cm³/mol. The summed E-state index contributed by atoms with van der Waals surface area (Å²) in [6, 6.07) is 9.89. The number of nitrogens with zero attached hydrogens (tertiary/aromatic N) is 5. The molecule has 2 aliphatic rings. The van der Waals surface area contributed by atoms with Crippen LogP contribution >= 0.6 is 7.60 Å². The first-order valence-electron chi connectivity index (χ1n) is 16.8. The fourth-order valence-corrected chi connectivity index (χ4v) is 7.41. The summed E-state index contributed by atoms with van der Waals surface area (Å²) < 4.78 is 35.3. The second-order valence-electron chi connectivity index (χ2n) is 11.6. The van der Waals surface area contributed by atoms with Crippen molar-refractivity contribution in [2.75, 3.05) is 70.7 Å². The van der Waals surface area contributed by atoms with E-state index in [0.29, 0.717) is 37.9 Å². The normalized spacial score (nSPS) is 17.3. The number of nitrogens with one attached hydrogen (secondary N) is 1. The first-order chi connectivity index (χ1) is 23.2. The Morgan fingerprint density at radius 2 is 1.67 bits per heavy atom. The van der Waals surface area contributed by atoms with Crippen molar-refractivity contribution in [3.05, 3.63) is 42.1 Å². The minimum atomic E-state index is -3.52. The van der Waals surface area contributed by atoms with E-state index in [-0.39, 0.29) is 56.7 Å². The first-order valence-corrected chi connectivity index (χ1v) is 18.6. The molecule has 1 aromatic heterocycles. The summed E-state index contributed by atoms with van der Waals surface area (Å²) in [6.07, 6.45) is 2.75. The molecule has 2 fully saturated rings. The van der Waals surface area contributed by atoms with Crippen LogP contribution in [-0.4, -0.2) is 116 Å². The topological polar surface area (TPSA) is 153 Å². The monoisotopic (exact) mass is 688 g/mol. The number of unbranched alkanes of at least 4 members (excludes halogenated alkanes) is 1. The van der Waals surface area contributed by atoms with Crippen LogP contribution < -0.4 is 10.2 Å². The Kier molecular flexibility index (Phi) is 14.2. The molecule has 0 spiro atoms. The highest BCUT2D eigenvalue weighted by Gasteiger charge is 2.34. The number of amides is 3. The molecular weight excluding hydrogens is 639 g/mol. The van der Waals surface area contributed by atoms with Gasteiger partial charge in [0.15, 0.2) is 5.82 Å². The van der Waals surface area contributed by atoms with Crippen LogP contribution in [0, 0.1) is 0 Å². The molecule has 4 rings (SSSR count). The molecule has 1 N–H and O–H groups in total. The Bertz CT molecular complexity index is 1400. The second-order valence-corrected chi connectivity index (χ2v) is 13.8. The van der Waals surface area contributed by atoms with Crippen LogP contribution in [0.2, 0.25) is 0 Å². The summed E-state index contributed by atoms with van der Waals surface area (Å²) in [4.78, 5) is 55.0. The quantitative estimate of drug-likeness (QED) is 0.195. The lowest BCUT2D eigenvalue weighted by Crippen LogP contribution is -2.56. The molecule has 2 aliphatic heterocycles. The van der Waals surface area contributed by atoms with Gasteiger partial charge in [-0.15, -0.1) is 0 Å². The van der Waals surface area contributed by atoms with Gasteiger partial charge in [0.1, 0.15) is 23.8 Å². The minimum Gasteiger partial charge on any atom is -0.449 e. The predicted octanol–water partition coefficient (Wildman–Crippen LogP) is 4.55. The number of rotatable bonds is 16. The molecule has 14 nitrogen and oxygen atoms in total. The lowest BCUT2D eigenvalue weighted by molar-refractivity contribution is -0.134. The SMILES string of the molecule is CCCCOC(=O)N1CCN(C(=O)[C@@H](CCP(=O)(OCC)OCC)NC(=O)c2cc(N3CCC[C@@H]3OC)nc(-c3ccccc3)n2)CC1. The molecule has 0 radical (unpaired) electrons. The van der Waals surface area contributed by atoms with Gasteiger partial charge in [-0.3, -0.25) is 14.2 Å². The lowest BCUT2D eigenvalue weighted by atomic mass is 10.1. The van der Waals surface area contributed by atoms with Gasteiger partial charge in [-0.1, -0.05) is 43.7 Å². The molecule has 15 heteroatoms. The average Bonchev–Trinajstić information content (AvgIpc) is 3.59.